The van der Waals surface area contributed by atoms with Crippen molar-refractivity contribution in [2.24, 2.45) is 0 Å². The number of alkyl halides is 3. The van der Waals surface area contributed by atoms with E-state index in [-0.39, 0.29) is 30.3 Å². The summed E-state index contributed by atoms with van der Waals surface area (Å²) in [6.45, 7) is 3.82. The Kier molecular flexibility index (Phi) is 7.11. The fraction of sp³-hybridized carbons (Fsp3) is 0.360. The highest BCUT2D eigenvalue weighted by atomic mass is 19.4. The molecule has 4 rings (SSSR count). The van der Waals surface area contributed by atoms with E-state index in [4.69, 9.17) is 14.6 Å². The van der Waals surface area contributed by atoms with Crippen LogP contribution in [-0.2, 0) is 15.7 Å². The first-order chi connectivity index (χ1) is 17.1. The Morgan fingerprint density at radius 3 is 2.72 bits per heavy atom. The lowest BCUT2D eigenvalue weighted by molar-refractivity contribution is -0.156. The topological polar surface area (TPSA) is 99.4 Å². The van der Waals surface area contributed by atoms with Crippen LogP contribution in [0.25, 0.3) is 23.2 Å². The van der Waals surface area contributed by atoms with Crippen LogP contribution in [0.3, 0.4) is 0 Å². The molecule has 1 aliphatic rings. The lowest BCUT2D eigenvalue weighted by Crippen LogP contribution is -2.31. The molecule has 3 aromatic rings. The zero-order valence-corrected chi connectivity index (χ0v) is 19.9. The fourth-order valence-electron chi connectivity index (χ4n) is 4.00. The van der Waals surface area contributed by atoms with Gasteiger partial charge in [-0.25, -0.2) is 9.67 Å². The highest BCUT2D eigenvalue weighted by Crippen LogP contribution is 2.37. The van der Waals surface area contributed by atoms with Gasteiger partial charge in [-0.1, -0.05) is 32.1 Å². The number of hydrogen-bond acceptors (Lipinski definition) is 7. The van der Waals surface area contributed by atoms with Crippen LogP contribution in [0.1, 0.15) is 49.4 Å². The van der Waals surface area contributed by atoms with Gasteiger partial charge in [-0.05, 0) is 24.1 Å². The quantitative estimate of drug-likeness (QED) is 0.494. The number of esters is 1. The maximum atomic E-state index is 13.6. The molecule has 0 radical (unpaired) electrons. The van der Waals surface area contributed by atoms with Gasteiger partial charge >= 0.3 is 18.2 Å². The van der Waals surface area contributed by atoms with Crippen LogP contribution in [0.4, 0.5) is 13.2 Å². The zero-order chi connectivity index (χ0) is 26.0. The second-order valence-corrected chi connectivity index (χ2v) is 8.68. The molecule has 1 aromatic carbocycles. The van der Waals surface area contributed by atoms with Crippen LogP contribution >= 0.6 is 0 Å². The Morgan fingerprint density at radius 2 is 2.06 bits per heavy atom. The number of carbonyl (C=O) groups is 1. The van der Waals surface area contributed by atoms with Crippen LogP contribution in [0.2, 0.25) is 0 Å². The standard InChI is InChI=1S/C25H25F3N4O4/c1-14(2)22-19(8-7-18-12-17(33)13-21(34)36-18)23(15-5-4-6-16(11-15)25(26,27)28)32(31-22)20-9-10-29-24(30-20)35-3/h4-11,14,17-18,33H,12-13H2,1-3H3/t17-,18-/m1/s1. The van der Waals surface area contributed by atoms with Gasteiger partial charge in [-0.2, -0.15) is 23.3 Å². The van der Waals surface area contributed by atoms with Crippen LogP contribution in [0.5, 0.6) is 6.01 Å². The molecular formula is C25H25F3N4O4. The molecule has 190 valence electrons. The number of halogens is 3. The summed E-state index contributed by atoms with van der Waals surface area (Å²) in [5, 5.41) is 14.6. The average Bonchev–Trinajstić information content (AvgIpc) is 3.21. The second-order valence-electron chi connectivity index (χ2n) is 8.68. The fourth-order valence-corrected chi connectivity index (χ4v) is 4.00. The minimum Gasteiger partial charge on any atom is -0.467 e. The van der Waals surface area contributed by atoms with Crippen molar-refractivity contribution in [2.45, 2.75) is 51.0 Å². The lowest BCUT2D eigenvalue weighted by atomic mass is 9.97. The van der Waals surface area contributed by atoms with Crippen molar-refractivity contribution in [3.63, 3.8) is 0 Å². The Morgan fingerprint density at radius 1 is 1.28 bits per heavy atom. The predicted molar refractivity (Wildman–Crippen MR) is 124 cm³/mol. The third kappa shape index (κ3) is 5.40. The van der Waals surface area contributed by atoms with E-state index in [9.17, 15) is 23.1 Å². The number of nitrogens with zero attached hydrogens (tertiary/aromatic N) is 4. The van der Waals surface area contributed by atoms with Gasteiger partial charge in [0.05, 0.1) is 36.6 Å². The number of rotatable bonds is 6. The van der Waals surface area contributed by atoms with Gasteiger partial charge in [0, 0.05) is 29.8 Å². The molecule has 1 N–H and O–H groups in total. The van der Waals surface area contributed by atoms with Gasteiger partial charge in [-0.15, -0.1) is 0 Å². The SMILES string of the molecule is COc1nccc(-n2nc(C(C)C)c(C=C[C@@H]3C[C@@H](O)CC(=O)O3)c2-c2cccc(C(F)(F)F)c2)n1. The molecule has 11 heteroatoms. The van der Waals surface area contributed by atoms with E-state index < -0.39 is 29.9 Å². The number of aromatic nitrogens is 4. The van der Waals surface area contributed by atoms with Gasteiger partial charge in [0.25, 0.3) is 0 Å². The summed E-state index contributed by atoms with van der Waals surface area (Å²) in [5.41, 5.74) is 0.960. The minimum atomic E-state index is -4.54. The second kappa shape index (κ2) is 10.1. The van der Waals surface area contributed by atoms with Crippen molar-refractivity contribution in [1.29, 1.82) is 0 Å². The Bertz CT molecular complexity index is 1290. The van der Waals surface area contributed by atoms with Crippen LogP contribution < -0.4 is 4.74 Å². The van der Waals surface area contributed by atoms with Crippen molar-refractivity contribution in [2.75, 3.05) is 7.11 Å². The molecule has 2 aromatic heterocycles. The summed E-state index contributed by atoms with van der Waals surface area (Å²) < 4.78 is 52.6. The van der Waals surface area contributed by atoms with Crippen molar-refractivity contribution in [3.05, 3.63) is 59.4 Å². The Labute approximate surface area is 205 Å². The number of hydrogen-bond donors (Lipinski definition) is 1. The number of cyclic esters (lactones) is 1. The van der Waals surface area contributed by atoms with Gasteiger partial charge < -0.3 is 14.6 Å². The van der Waals surface area contributed by atoms with Crippen molar-refractivity contribution in [3.8, 4) is 23.1 Å². The molecule has 0 spiro atoms. The minimum absolute atomic E-state index is 0.0734. The Hall–Kier alpha value is -3.73. The first kappa shape index (κ1) is 25.4. The number of methoxy groups -OCH3 is 1. The average molecular weight is 502 g/mol. The molecule has 0 unspecified atom stereocenters. The van der Waals surface area contributed by atoms with E-state index in [1.807, 2.05) is 13.8 Å². The summed E-state index contributed by atoms with van der Waals surface area (Å²) in [4.78, 5) is 20.1. The molecule has 0 amide bonds. The van der Waals surface area contributed by atoms with Gasteiger partial charge in [0.15, 0.2) is 5.82 Å². The van der Waals surface area contributed by atoms with Crippen molar-refractivity contribution >= 4 is 12.0 Å². The van der Waals surface area contributed by atoms with Gasteiger partial charge in [-0.3, -0.25) is 4.79 Å². The molecule has 0 aliphatic carbocycles. The predicted octanol–water partition coefficient (Wildman–Crippen LogP) is 4.56. The van der Waals surface area contributed by atoms with Crippen molar-refractivity contribution in [1.82, 2.24) is 19.7 Å². The zero-order valence-electron chi connectivity index (χ0n) is 19.9. The maximum absolute atomic E-state index is 13.6. The molecule has 0 bridgehead atoms. The highest BCUT2D eigenvalue weighted by Gasteiger charge is 2.32. The molecule has 2 atom stereocenters. The normalized spacial score (nSPS) is 18.6. The van der Waals surface area contributed by atoms with E-state index in [0.717, 1.165) is 12.1 Å². The summed E-state index contributed by atoms with van der Waals surface area (Å²) >= 11 is 0. The molecule has 1 aliphatic heterocycles. The monoisotopic (exact) mass is 502 g/mol. The van der Waals surface area contributed by atoms with E-state index in [0.29, 0.717) is 22.8 Å². The summed E-state index contributed by atoms with van der Waals surface area (Å²) in [7, 11) is 1.41. The molecule has 8 nitrogen and oxygen atoms in total. The van der Waals surface area contributed by atoms with E-state index in [1.54, 1.807) is 24.3 Å². The van der Waals surface area contributed by atoms with E-state index in [2.05, 4.69) is 9.97 Å². The number of benzene rings is 1. The van der Waals surface area contributed by atoms with Gasteiger partial charge in [0.1, 0.15) is 6.10 Å². The van der Waals surface area contributed by atoms with E-state index in [1.165, 1.54) is 24.1 Å². The first-order valence-electron chi connectivity index (χ1n) is 11.3. The summed E-state index contributed by atoms with van der Waals surface area (Å²) in [6, 6.07) is 6.59. The summed E-state index contributed by atoms with van der Waals surface area (Å²) in [6.07, 6.45) is -1.16. The third-order valence-electron chi connectivity index (χ3n) is 5.65. The number of carbonyl (C=O) groups excluding carboxylic acids is 1. The molecule has 1 saturated heterocycles. The van der Waals surface area contributed by atoms with Gasteiger partial charge in [0.2, 0.25) is 0 Å². The highest BCUT2D eigenvalue weighted by molar-refractivity contribution is 5.77. The molecule has 0 saturated carbocycles. The van der Waals surface area contributed by atoms with Crippen LogP contribution in [0, 0.1) is 0 Å². The Balaban J connectivity index is 1.93. The molecule has 36 heavy (non-hydrogen) atoms. The van der Waals surface area contributed by atoms with Crippen LogP contribution in [0.15, 0.2) is 42.6 Å². The largest absolute Gasteiger partial charge is 0.467 e. The lowest BCUT2D eigenvalue weighted by Gasteiger charge is -2.23. The van der Waals surface area contributed by atoms with Crippen LogP contribution in [-0.4, -0.2) is 50.1 Å². The van der Waals surface area contributed by atoms with E-state index >= 15 is 0 Å². The van der Waals surface area contributed by atoms with Crippen molar-refractivity contribution < 1.29 is 32.5 Å². The molecule has 3 heterocycles. The summed E-state index contributed by atoms with van der Waals surface area (Å²) in [5.74, 6) is -0.330. The number of ether oxygens (including phenoxy) is 2. The third-order valence-corrected chi connectivity index (χ3v) is 5.65. The smallest absolute Gasteiger partial charge is 0.416 e. The first-order valence-corrected chi connectivity index (χ1v) is 11.3. The molecular weight excluding hydrogens is 477 g/mol. The molecule has 1 fully saturated rings. The maximum Gasteiger partial charge on any atom is 0.416 e. The number of aliphatic hydroxyl groups excluding tert-OH is 1. The number of aliphatic hydroxyl groups is 1.